The molecule has 0 bridgehead atoms. The first-order chi connectivity index (χ1) is 15.0. The number of nitrogens with zero attached hydrogens (tertiary/aromatic N) is 4. The third-order valence-corrected chi connectivity index (χ3v) is 6.00. The Kier molecular flexibility index (Phi) is 5.97. The van der Waals surface area contributed by atoms with Crippen LogP contribution in [0.3, 0.4) is 0 Å². The number of likely N-dealkylation sites (N-methyl/N-ethyl adjacent to an activating group) is 2. The lowest BCUT2D eigenvalue weighted by molar-refractivity contribution is -0.384. The van der Waals surface area contributed by atoms with Gasteiger partial charge >= 0.3 is 0 Å². The SMILES string of the molecule is CCN1C[C@H](CN(C)C(=O)c2cc([N+](=O)[O-])ccc2N2CCCC2)Oc2ccccc21. The first kappa shape index (κ1) is 21.0. The summed E-state index contributed by atoms with van der Waals surface area (Å²) < 4.78 is 6.16. The van der Waals surface area contributed by atoms with Crippen LogP contribution < -0.4 is 14.5 Å². The van der Waals surface area contributed by atoms with Crippen molar-refractivity contribution in [3.05, 3.63) is 58.1 Å². The molecular weight excluding hydrogens is 396 g/mol. The van der Waals surface area contributed by atoms with Crippen LogP contribution in [0.2, 0.25) is 0 Å². The molecule has 1 fully saturated rings. The summed E-state index contributed by atoms with van der Waals surface area (Å²) in [6.45, 7) is 5.73. The summed E-state index contributed by atoms with van der Waals surface area (Å²) in [4.78, 5) is 30.2. The van der Waals surface area contributed by atoms with E-state index in [0.717, 1.165) is 49.6 Å². The van der Waals surface area contributed by atoms with Crippen molar-refractivity contribution in [1.82, 2.24) is 4.90 Å². The fourth-order valence-electron chi connectivity index (χ4n) is 4.41. The van der Waals surface area contributed by atoms with E-state index in [2.05, 4.69) is 16.7 Å². The van der Waals surface area contributed by atoms with E-state index in [-0.39, 0.29) is 17.7 Å². The second kappa shape index (κ2) is 8.83. The summed E-state index contributed by atoms with van der Waals surface area (Å²) in [6, 6.07) is 12.5. The third-order valence-electron chi connectivity index (χ3n) is 6.00. The molecule has 164 valence electrons. The Labute approximate surface area is 182 Å². The van der Waals surface area contributed by atoms with E-state index in [4.69, 9.17) is 4.74 Å². The molecule has 1 atom stereocenters. The molecule has 8 nitrogen and oxygen atoms in total. The molecule has 2 heterocycles. The third kappa shape index (κ3) is 4.28. The summed E-state index contributed by atoms with van der Waals surface area (Å²) in [5.41, 5.74) is 2.14. The number of benzene rings is 2. The van der Waals surface area contributed by atoms with Gasteiger partial charge < -0.3 is 19.4 Å². The van der Waals surface area contributed by atoms with Gasteiger partial charge in [-0.2, -0.15) is 0 Å². The summed E-state index contributed by atoms with van der Waals surface area (Å²) >= 11 is 0. The van der Waals surface area contributed by atoms with Crippen LogP contribution in [0.25, 0.3) is 0 Å². The summed E-state index contributed by atoms with van der Waals surface area (Å²) in [5, 5.41) is 11.3. The minimum atomic E-state index is -0.454. The molecule has 0 spiro atoms. The highest BCUT2D eigenvalue weighted by molar-refractivity contribution is 6.00. The summed E-state index contributed by atoms with van der Waals surface area (Å²) in [7, 11) is 1.73. The summed E-state index contributed by atoms with van der Waals surface area (Å²) in [6.07, 6.45) is 1.93. The molecule has 4 rings (SSSR count). The molecule has 1 saturated heterocycles. The van der Waals surface area contributed by atoms with Gasteiger partial charge in [-0.3, -0.25) is 14.9 Å². The Morgan fingerprint density at radius 3 is 2.65 bits per heavy atom. The van der Waals surface area contributed by atoms with Gasteiger partial charge in [0.25, 0.3) is 11.6 Å². The molecule has 8 heteroatoms. The number of carbonyl (C=O) groups is 1. The van der Waals surface area contributed by atoms with E-state index in [0.29, 0.717) is 18.7 Å². The number of anilines is 2. The minimum absolute atomic E-state index is 0.0697. The number of ether oxygens (including phenoxy) is 1. The smallest absolute Gasteiger partial charge is 0.270 e. The van der Waals surface area contributed by atoms with Gasteiger partial charge in [0.1, 0.15) is 11.9 Å². The van der Waals surface area contributed by atoms with Crippen molar-refractivity contribution in [1.29, 1.82) is 0 Å². The highest BCUT2D eigenvalue weighted by atomic mass is 16.6. The van der Waals surface area contributed by atoms with Crippen molar-refractivity contribution in [2.75, 3.05) is 49.6 Å². The van der Waals surface area contributed by atoms with Crippen LogP contribution in [0.15, 0.2) is 42.5 Å². The molecule has 2 aromatic rings. The molecule has 0 aliphatic carbocycles. The number of nitro benzene ring substituents is 1. The van der Waals surface area contributed by atoms with E-state index in [1.165, 1.54) is 12.1 Å². The monoisotopic (exact) mass is 424 g/mol. The highest BCUT2D eigenvalue weighted by Gasteiger charge is 2.29. The Morgan fingerprint density at radius 2 is 1.94 bits per heavy atom. The highest BCUT2D eigenvalue weighted by Crippen LogP contribution is 2.33. The topological polar surface area (TPSA) is 79.2 Å². The van der Waals surface area contributed by atoms with Crippen molar-refractivity contribution < 1.29 is 14.5 Å². The van der Waals surface area contributed by atoms with Crippen LogP contribution in [0.5, 0.6) is 5.75 Å². The van der Waals surface area contributed by atoms with Gasteiger partial charge in [0.05, 0.1) is 35.0 Å². The van der Waals surface area contributed by atoms with Gasteiger partial charge in [-0.25, -0.2) is 0 Å². The quantitative estimate of drug-likeness (QED) is 0.521. The normalized spacial score (nSPS) is 17.8. The number of rotatable bonds is 6. The number of non-ortho nitro benzene ring substituents is 1. The molecule has 1 amide bonds. The molecule has 31 heavy (non-hydrogen) atoms. The number of hydrogen-bond donors (Lipinski definition) is 0. The predicted octanol–water partition coefficient (Wildman–Crippen LogP) is 3.55. The van der Waals surface area contributed by atoms with Crippen molar-refractivity contribution >= 4 is 23.0 Å². The maximum atomic E-state index is 13.4. The number of fused-ring (bicyclic) bond motifs is 1. The van der Waals surface area contributed by atoms with Crippen molar-refractivity contribution in [3.63, 3.8) is 0 Å². The van der Waals surface area contributed by atoms with Crippen LogP contribution in [0.4, 0.5) is 17.1 Å². The maximum absolute atomic E-state index is 13.4. The van der Waals surface area contributed by atoms with Gasteiger partial charge in [0.15, 0.2) is 0 Å². The van der Waals surface area contributed by atoms with E-state index in [1.54, 1.807) is 18.0 Å². The minimum Gasteiger partial charge on any atom is -0.485 e. The second-order valence-corrected chi connectivity index (χ2v) is 8.08. The van der Waals surface area contributed by atoms with Crippen LogP contribution in [-0.2, 0) is 0 Å². The van der Waals surface area contributed by atoms with E-state index in [9.17, 15) is 14.9 Å². The van der Waals surface area contributed by atoms with Crippen LogP contribution >= 0.6 is 0 Å². The van der Waals surface area contributed by atoms with Crippen molar-refractivity contribution in [3.8, 4) is 5.75 Å². The molecule has 0 saturated carbocycles. The number of amides is 1. The molecule has 0 N–H and O–H groups in total. The number of para-hydroxylation sites is 2. The lowest BCUT2D eigenvalue weighted by Gasteiger charge is -2.37. The number of hydrogen-bond acceptors (Lipinski definition) is 6. The zero-order valence-corrected chi connectivity index (χ0v) is 18.0. The Morgan fingerprint density at radius 1 is 1.19 bits per heavy atom. The lowest BCUT2D eigenvalue weighted by atomic mass is 10.1. The zero-order chi connectivity index (χ0) is 22.0. The number of nitro groups is 1. The second-order valence-electron chi connectivity index (χ2n) is 8.08. The van der Waals surface area contributed by atoms with Crippen LogP contribution in [-0.4, -0.2) is 61.6 Å². The van der Waals surface area contributed by atoms with Gasteiger partial charge in [-0.05, 0) is 38.0 Å². The van der Waals surface area contributed by atoms with E-state index in [1.807, 2.05) is 24.3 Å². The van der Waals surface area contributed by atoms with E-state index < -0.39 is 4.92 Å². The molecule has 2 aromatic carbocycles. The van der Waals surface area contributed by atoms with Crippen molar-refractivity contribution in [2.24, 2.45) is 0 Å². The molecule has 0 unspecified atom stereocenters. The number of carbonyl (C=O) groups excluding carboxylic acids is 1. The summed E-state index contributed by atoms with van der Waals surface area (Å²) in [5.74, 6) is 0.589. The Balaban J connectivity index is 1.55. The predicted molar refractivity (Wildman–Crippen MR) is 120 cm³/mol. The first-order valence-electron chi connectivity index (χ1n) is 10.8. The van der Waals surface area contributed by atoms with Gasteiger partial charge in [0, 0.05) is 38.8 Å². The van der Waals surface area contributed by atoms with Gasteiger partial charge in [0.2, 0.25) is 0 Å². The van der Waals surface area contributed by atoms with Gasteiger partial charge in [-0.15, -0.1) is 0 Å². The average molecular weight is 425 g/mol. The largest absolute Gasteiger partial charge is 0.485 e. The lowest BCUT2D eigenvalue weighted by Crippen LogP contribution is -2.47. The zero-order valence-electron chi connectivity index (χ0n) is 18.0. The molecule has 0 radical (unpaired) electrons. The van der Waals surface area contributed by atoms with E-state index >= 15 is 0 Å². The standard InChI is InChI=1S/C23H28N4O4/c1-3-25-16-18(31-22-9-5-4-8-21(22)25)15-24(2)23(28)19-14-17(27(29)30)10-11-20(19)26-12-6-7-13-26/h4-5,8-11,14,18H,3,6-7,12-13,15-16H2,1-2H3/t18-/m0/s1. The first-order valence-corrected chi connectivity index (χ1v) is 10.8. The fraction of sp³-hybridized carbons (Fsp3) is 0.435. The molecule has 0 aromatic heterocycles. The van der Waals surface area contributed by atoms with Crippen LogP contribution in [0.1, 0.15) is 30.1 Å². The van der Waals surface area contributed by atoms with Crippen molar-refractivity contribution in [2.45, 2.75) is 25.9 Å². The Bertz CT molecular complexity index is 974. The molecule has 2 aliphatic rings. The average Bonchev–Trinajstić information content (AvgIpc) is 3.32. The van der Waals surface area contributed by atoms with Gasteiger partial charge in [-0.1, -0.05) is 12.1 Å². The fourth-order valence-corrected chi connectivity index (χ4v) is 4.41. The van der Waals surface area contributed by atoms with Crippen LogP contribution in [0, 0.1) is 10.1 Å². The molecular formula is C23H28N4O4. The maximum Gasteiger partial charge on any atom is 0.270 e. The Hall–Kier alpha value is -3.29. The molecule has 2 aliphatic heterocycles.